The summed E-state index contributed by atoms with van der Waals surface area (Å²) in [6, 6.07) is 5.08. The van der Waals surface area contributed by atoms with Gasteiger partial charge in [0.25, 0.3) is 5.91 Å². The molecule has 0 saturated carbocycles. The summed E-state index contributed by atoms with van der Waals surface area (Å²) in [7, 11) is -3.26. The summed E-state index contributed by atoms with van der Waals surface area (Å²) in [6.07, 6.45) is 5.02. The molecule has 0 spiro atoms. The molecule has 2 aromatic rings. The number of aryl methyl sites for hydroxylation is 1. The van der Waals surface area contributed by atoms with E-state index in [0.717, 1.165) is 24.1 Å². The van der Waals surface area contributed by atoms with Crippen molar-refractivity contribution in [1.82, 2.24) is 15.3 Å². The van der Waals surface area contributed by atoms with Gasteiger partial charge in [-0.05, 0) is 42.5 Å². The van der Waals surface area contributed by atoms with Crippen LogP contribution >= 0.6 is 0 Å². The van der Waals surface area contributed by atoms with Gasteiger partial charge in [-0.2, -0.15) is 0 Å². The SMILES string of the molecule is CCS(=O)(=O)c1ccc(CNC(=O)c2cnc3c(c2)CC[C@H]3C(C)C)nc1. The number of nitrogens with zero attached hydrogens (tertiary/aromatic N) is 2. The molecule has 6 nitrogen and oxygen atoms in total. The molecule has 0 aromatic carbocycles. The summed E-state index contributed by atoms with van der Waals surface area (Å²) in [6.45, 7) is 6.23. The van der Waals surface area contributed by atoms with Gasteiger partial charge in [0, 0.05) is 24.0 Å². The molecule has 0 saturated heterocycles. The molecule has 0 unspecified atom stereocenters. The topological polar surface area (TPSA) is 89.0 Å². The van der Waals surface area contributed by atoms with Crippen molar-refractivity contribution in [3.05, 3.63) is 53.1 Å². The van der Waals surface area contributed by atoms with Gasteiger partial charge >= 0.3 is 0 Å². The summed E-state index contributed by atoms with van der Waals surface area (Å²) >= 11 is 0. The molecule has 3 rings (SSSR count). The average molecular weight is 388 g/mol. The summed E-state index contributed by atoms with van der Waals surface area (Å²) in [5.41, 5.74) is 3.43. The van der Waals surface area contributed by atoms with Crippen molar-refractivity contribution >= 4 is 15.7 Å². The van der Waals surface area contributed by atoms with E-state index in [1.54, 1.807) is 19.2 Å². The average Bonchev–Trinajstić information content (AvgIpc) is 3.10. The second kappa shape index (κ2) is 7.76. The quantitative estimate of drug-likeness (QED) is 0.823. The minimum Gasteiger partial charge on any atom is -0.346 e. The number of amides is 1. The fourth-order valence-corrected chi connectivity index (χ4v) is 4.24. The molecule has 1 atom stereocenters. The summed E-state index contributed by atoms with van der Waals surface area (Å²) in [4.78, 5) is 21.3. The van der Waals surface area contributed by atoms with Crippen molar-refractivity contribution < 1.29 is 13.2 Å². The number of hydrogen-bond donors (Lipinski definition) is 1. The first-order valence-corrected chi connectivity index (χ1v) is 10.9. The zero-order chi connectivity index (χ0) is 19.6. The summed E-state index contributed by atoms with van der Waals surface area (Å²) < 4.78 is 23.6. The van der Waals surface area contributed by atoms with Crippen LogP contribution in [0.2, 0.25) is 0 Å². The molecule has 2 heterocycles. The molecule has 144 valence electrons. The van der Waals surface area contributed by atoms with Crippen LogP contribution in [0.15, 0.2) is 35.5 Å². The third-order valence-corrected chi connectivity index (χ3v) is 6.83. The maximum Gasteiger partial charge on any atom is 0.253 e. The largest absolute Gasteiger partial charge is 0.346 e. The van der Waals surface area contributed by atoms with E-state index in [9.17, 15) is 13.2 Å². The Morgan fingerprint density at radius 3 is 2.67 bits per heavy atom. The lowest BCUT2D eigenvalue weighted by Gasteiger charge is -2.14. The predicted octanol–water partition coefficient (Wildman–Crippen LogP) is 2.89. The number of rotatable bonds is 6. The van der Waals surface area contributed by atoms with E-state index in [0.29, 0.717) is 23.1 Å². The molecule has 0 radical (unpaired) electrons. The Morgan fingerprint density at radius 1 is 1.26 bits per heavy atom. The Bertz CT molecular complexity index is 937. The van der Waals surface area contributed by atoms with Gasteiger partial charge in [0.05, 0.1) is 28.5 Å². The Balaban J connectivity index is 1.65. The van der Waals surface area contributed by atoms with Crippen molar-refractivity contribution in [3.8, 4) is 0 Å². The number of aromatic nitrogens is 2. The van der Waals surface area contributed by atoms with Crippen molar-refractivity contribution in [2.75, 3.05) is 5.75 Å². The van der Waals surface area contributed by atoms with Gasteiger partial charge in [-0.25, -0.2) is 8.42 Å². The van der Waals surface area contributed by atoms with Crippen molar-refractivity contribution in [2.45, 2.75) is 51.0 Å². The summed E-state index contributed by atoms with van der Waals surface area (Å²) in [5.74, 6) is 0.849. The van der Waals surface area contributed by atoms with Gasteiger partial charge in [0.2, 0.25) is 0 Å². The lowest BCUT2D eigenvalue weighted by molar-refractivity contribution is 0.0950. The van der Waals surface area contributed by atoms with Gasteiger partial charge in [0.15, 0.2) is 9.84 Å². The van der Waals surface area contributed by atoms with E-state index in [1.807, 2.05) is 6.07 Å². The maximum atomic E-state index is 12.4. The Labute approximate surface area is 160 Å². The van der Waals surface area contributed by atoms with E-state index in [1.165, 1.54) is 12.3 Å². The van der Waals surface area contributed by atoms with Gasteiger partial charge < -0.3 is 5.32 Å². The van der Waals surface area contributed by atoms with E-state index >= 15 is 0 Å². The molecule has 1 amide bonds. The number of sulfone groups is 1. The van der Waals surface area contributed by atoms with Gasteiger partial charge in [-0.3, -0.25) is 14.8 Å². The van der Waals surface area contributed by atoms with Gasteiger partial charge in [-0.1, -0.05) is 20.8 Å². The molecule has 1 aliphatic rings. The second-order valence-electron chi connectivity index (χ2n) is 7.23. The third-order valence-electron chi connectivity index (χ3n) is 5.11. The first kappa shape index (κ1) is 19.5. The number of carbonyl (C=O) groups excluding carboxylic acids is 1. The molecular weight excluding hydrogens is 362 g/mol. The maximum absolute atomic E-state index is 12.4. The molecular formula is C20H25N3O3S. The Morgan fingerprint density at radius 2 is 2.04 bits per heavy atom. The van der Waals surface area contributed by atoms with Crippen LogP contribution in [0.3, 0.4) is 0 Å². The molecule has 1 aliphatic carbocycles. The Hall–Kier alpha value is -2.28. The minimum absolute atomic E-state index is 0.0355. The van der Waals surface area contributed by atoms with Crippen molar-refractivity contribution in [3.63, 3.8) is 0 Å². The van der Waals surface area contributed by atoms with Crippen molar-refractivity contribution in [1.29, 1.82) is 0 Å². The highest BCUT2D eigenvalue weighted by molar-refractivity contribution is 7.91. The van der Waals surface area contributed by atoms with E-state index in [2.05, 4.69) is 29.1 Å². The third kappa shape index (κ3) is 4.18. The van der Waals surface area contributed by atoms with Crippen LogP contribution in [0.1, 0.15) is 60.4 Å². The lowest BCUT2D eigenvalue weighted by Crippen LogP contribution is -2.23. The van der Waals surface area contributed by atoms with Crippen LogP contribution in [0, 0.1) is 5.92 Å². The fourth-order valence-electron chi connectivity index (χ4n) is 3.42. The Kier molecular flexibility index (Phi) is 5.60. The zero-order valence-corrected chi connectivity index (χ0v) is 16.7. The molecule has 7 heteroatoms. The van der Waals surface area contributed by atoms with Crippen LogP contribution in [-0.2, 0) is 22.8 Å². The normalized spacial score (nSPS) is 16.4. The van der Waals surface area contributed by atoms with Gasteiger partial charge in [-0.15, -0.1) is 0 Å². The van der Waals surface area contributed by atoms with E-state index in [-0.39, 0.29) is 23.1 Å². The van der Waals surface area contributed by atoms with Crippen LogP contribution < -0.4 is 5.32 Å². The standard InChI is InChI=1S/C20H25N3O3S/c1-4-27(25,26)17-7-6-16(21-12-17)11-23-20(24)15-9-14-5-8-18(13(2)3)19(14)22-10-15/h6-7,9-10,12-13,18H,4-5,8,11H2,1-3H3,(H,23,24)/t18-/m0/s1. The highest BCUT2D eigenvalue weighted by Gasteiger charge is 2.27. The number of carbonyl (C=O) groups is 1. The van der Waals surface area contributed by atoms with Crippen molar-refractivity contribution in [2.24, 2.45) is 5.92 Å². The first-order chi connectivity index (χ1) is 12.8. The predicted molar refractivity (Wildman–Crippen MR) is 103 cm³/mol. The number of hydrogen-bond acceptors (Lipinski definition) is 5. The number of nitrogens with one attached hydrogen (secondary N) is 1. The molecule has 2 aromatic heterocycles. The molecule has 27 heavy (non-hydrogen) atoms. The zero-order valence-electron chi connectivity index (χ0n) is 15.9. The van der Waals surface area contributed by atoms with E-state index in [4.69, 9.17) is 0 Å². The number of pyridine rings is 2. The molecule has 0 bridgehead atoms. The van der Waals surface area contributed by atoms with Crippen LogP contribution in [0.25, 0.3) is 0 Å². The highest BCUT2D eigenvalue weighted by atomic mass is 32.2. The molecule has 0 aliphatic heterocycles. The van der Waals surface area contributed by atoms with Crippen LogP contribution in [0.5, 0.6) is 0 Å². The van der Waals surface area contributed by atoms with Crippen LogP contribution in [0.4, 0.5) is 0 Å². The molecule has 0 fully saturated rings. The smallest absolute Gasteiger partial charge is 0.253 e. The lowest BCUT2D eigenvalue weighted by atomic mass is 9.93. The monoisotopic (exact) mass is 387 g/mol. The van der Waals surface area contributed by atoms with Gasteiger partial charge in [0.1, 0.15) is 0 Å². The first-order valence-electron chi connectivity index (χ1n) is 9.26. The second-order valence-corrected chi connectivity index (χ2v) is 9.51. The fraction of sp³-hybridized carbons (Fsp3) is 0.450. The number of fused-ring (bicyclic) bond motifs is 1. The van der Waals surface area contributed by atoms with Crippen LogP contribution in [-0.4, -0.2) is 30.0 Å². The molecule has 1 N–H and O–H groups in total. The van der Waals surface area contributed by atoms with E-state index < -0.39 is 9.84 Å². The minimum atomic E-state index is -3.26. The summed E-state index contributed by atoms with van der Waals surface area (Å²) in [5, 5.41) is 2.82. The highest BCUT2D eigenvalue weighted by Crippen LogP contribution is 2.36.